The van der Waals surface area contributed by atoms with Crippen molar-refractivity contribution >= 4 is 7.60 Å². The SMILES string of the molecule is CC(c1ncc[nH]1)P(=O)(O)O. The summed E-state index contributed by atoms with van der Waals surface area (Å²) in [4.78, 5) is 23.8. The zero-order valence-corrected chi connectivity index (χ0v) is 6.82. The van der Waals surface area contributed by atoms with E-state index in [4.69, 9.17) is 9.79 Å². The summed E-state index contributed by atoms with van der Waals surface area (Å²) < 4.78 is 10.7. The summed E-state index contributed by atoms with van der Waals surface area (Å²) >= 11 is 0. The van der Waals surface area contributed by atoms with Crippen molar-refractivity contribution in [1.82, 2.24) is 9.97 Å². The standard InChI is InChI=1S/C5H9N2O3P/c1-4(11(8,9)10)5-6-2-3-7-5/h2-4H,1H3,(H,6,7)(H2,8,9,10). The lowest BCUT2D eigenvalue weighted by Crippen LogP contribution is -1.96. The average Bonchev–Trinajstić information content (AvgIpc) is 2.34. The first-order chi connectivity index (χ1) is 5.02. The molecule has 11 heavy (non-hydrogen) atoms. The molecule has 0 aliphatic carbocycles. The van der Waals surface area contributed by atoms with Gasteiger partial charge in [0.05, 0.1) is 0 Å². The van der Waals surface area contributed by atoms with Gasteiger partial charge in [-0.2, -0.15) is 0 Å². The molecule has 3 N–H and O–H groups in total. The van der Waals surface area contributed by atoms with Crippen LogP contribution >= 0.6 is 7.60 Å². The Labute approximate surface area is 63.6 Å². The van der Waals surface area contributed by atoms with Crippen LogP contribution in [0.3, 0.4) is 0 Å². The van der Waals surface area contributed by atoms with E-state index in [1.165, 1.54) is 19.3 Å². The van der Waals surface area contributed by atoms with E-state index >= 15 is 0 Å². The molecule has 6 heteroatoms. The van der Waals surface area contributed by atoms with Crippen molar-refractivity contribution in [2.24, 2.45) is 0 Å². The van der Waals surface area contributed by atoms with E-state index in [0.717, 1.165) is 0 Å². The van der Waals surface area contributed by atoms with Gasteiger partial charge in [-0.3, -0.25) is 4.57 Å². The highest BCUT2D eigenvalue weighted by Gasteiger charge is 2.27. The lowest BCUT2D eigenvalue weighted by Gasteiger charge is -2.09. The molecule has 0 aliphatic rings. The van der Waals surface area contributed by atoms with Crippen molar-refractivity contribution in [3.05, 3.63) is 18.2 Å². The lowest BCUT2D eigenvalue weighted by molar-refractivity contribution is 0.360. The minimum Gasteiger partial charge on any atom is -0.348 e. The molecule has 1 unspecified atom stereocenters. The highest BCUT2D eigenvalue weighted by Crippen LogP contribution is 2.50. The highest BCUT2D eigenvalue weighted by molar-refractivity contribution is 7.52. The van der Waals surface area contributed by atoms with Crippen LogP contribution in [-0.2, 0) is 4.57 Å². The van der Waals surface area contributed by atoms with Gasteiger partial charge in [0.25, 0.3) is 0 Å². The molecule has 0 spiro atoms. The van der Waals surface area contributed by atoms with E-state index in [1.807, 2.05) is 0 Å². The summed E-state index contributed by atoms with van der Waals surface area (Å²) in [5, 5.41) is 0. The van der Waals surface area contributed by atoms with Gasteiger partial charge in [0, 0.05) is 12.4 Å². The Balaban J connectivity index is 2.87. The second-order valence-corrected chi connectivity index (χ2v) is 4.19. The normalized spacial score (nSPS) is 14.8. The number of nitrogens with zero attached hydrogens (tertiary/aromatic N) is 1. The first kappa shape index (κ1) is 8.46. The van der Waals surface area contributed by atoms with Gasteiger partial charge in [0.2, 0.25) is 0 Å². The van der Waals surface area contributed by atoms with Crippen LogP contribution < -0.4 is 0 Å². The molecule has 1 atom stereocenters. The summed E-state index contributed by atoms with van der Waals surface area (Å²) in [5.41, 5.74) is -0.850. The third-order valence-corrected chi connectivity index (χ3v) is 2.67. The molecule has 1 aromatic heterocycles. The molecule has 5 nitrogen and oxygen atoms in total. The Morgan fingerprint density at radius 1 is 1.73 bits per heavy atom. The van der Waals surface area contributed by atoms with Crippen molar-refractivity contribution in [2.75, 3.05) is 0 Å². The summed E-state index contributed by atoms with van der Waals surface area (Å²) in [7, 11) is -4.04. The van der Waals surface area contributed by atoms with Crippen LogP contribution in [0.25, 0.3) is 0 Å². The van der Waals surface area contributed by atoms with Crippen molar-refractivity contribution in [3.8, 4) is 0 Å². The van der Waals surface area contributed by atoms with Crippen molar-refractivity contribution in [3.63, 3.8) is 0 Å². The number of H-pyrrole nitrogens is 1. The molecule has 0 saturated heterocycles. The van der Waals surface area contributed by atoms with E-state index < -0.39 is 13.3 Å². The molecule has 62 valence electrons. The van der Waals surface area contributed by atoms with Gasteiger partial charge in [-0.15, -0.1) is 0 Å². The van der Waals surface area contributed by atoms with Gasteiger partial charge >= 0.3 is 7.60 Å². The van der Waals surface area contributed by atoms with E-state index in [2.05, 4.69) is 9.97 Å². The topological polar surface area (TPSA) is 86.2 Å². The third-order valence-electron chi connectivity index (χ3n) is 1.42. The monoisotopic (exact) mass is 176 g/mol. The highest BCUT2D eigenvalue weighted by atomic mass is 31.2. The van der Waals surface area contributed by atoms with Crippen LogP contribution in [0.4, 0.5) is 0 Å². The van der Waals surface area contributed by atoms with Gasteiger partial charge in [-0.25, -0.2) is 4.98 Å². The Morgan fingerprint density at radius 2 is 2.36 bits per heavy atom. The van der Waals surface area contributed by atoms with Crippen LogP contribution in [0.5, 0.6) is 0 Å². The third kappa shape index (κ3) is 1.89. The van der Waals surface area contributed by atoms with Crippen LogP contribution in [0.15, 0.2) is 12.4 Å². The molecule has 1 rings (SSSR count). The first-order valence-corrected chi connectivity index (χ1v) is 4.74. The fourth-order valence-electron chi connectivity index (χ4n) is 0.665. The Morgan fingerprint density at radius 3 is 2.73 bits per heavy atom. The zero-order valence-electron chi connectivity index (χ0n) is 5.93. The fourth-order valence-corrected chi connectivity index (χ4v) is 1.13. The molecule has 0 amide bonds. The van der Waals surface area contributed by atoms with Crippen LogP contribution in [0.2, 0.25) is 0 Å². The van der Waals surface area contributed by atoms with Crippen molar-refractivity contribution in [2.45, 2.75) is 12.6 Å². The molecule has 0 bridgehead atoms. The molecule has 0 radical (unpaired) electrons. The van der Waals surface area contributed by atoms with Crippen LogP contribution in [-0.4, -0.2) is 19.8 Å². The van der Waals surface area contributed by atoms with Gasteiger partial charge in [0.1, 0.15) is 11.5 Å². The van der Waals surface area contributed by atoms with Gasteiger partial charge < -0.3 is 14.8 Å². The number of imidazole rings is 1. The van der Waals surface area contributed by atoms with Gasteiger partial charge in [-0.1, -0.05) is 0 Å². The maximum absolute atomic E-state index is 10.7. The average molecular weight is 176 g/mol. The summed E-state index contributed by atoms with van der Waals surface area (Å²) in [6, 6.07) is 0. The molecular formula is C5H9N2O3P. The van der Waals surface area contributed by atoms with E-state index in [1.54, 1.807) is 0 Å². The second-order valence-electron chi connectivity index (χ2n) is 2.24. The Kier molecular flexibility index (Phi) is 2.13. The second kappa shape index (κ2) is 2.77. The summed E-state index contributed by atoms with van der Waals surface area (Å²) in [5.74, 6) is 0.318. The predicted octanol–water partition coefficient (Wildman–Crippen LogP) is 0.648. The lowest BCUT2D eigenvalue weighted by atomic mass is 10.5. The maximum Gasteiger partial charge on any atom is 0.335 e. The smallest absolute Gasteiger partial charge is 0.335 e. The number of nitrogens with one attached hydrogen (secondary N) is 1. The van der Waals surface area contributed by atoms with Gasteiger partial charge in [-0.05, 0) is 6.92 Å². The van der Waals surface area contributed by atoms with E-state index in [9.17, 15) is 4.57 Å². The van der Waals surface area contributed by atoms with Crippen LogP contribution in [0, 0.1) is 0 Å². The number of rotatable bonds is 2. The minimum atomic E-state index is -4.04. The number of hydrogen-bond acceptors (Lipinski definition) is 2. The summed E-state index contributed by atoms with van der Waals surface area (Å²) in [6.45, 7) is 1.43. The molecule has 1 heterocycles. The Bertz CT molecular complexity index is 265. The number of aromatic amines is 1. The van der Waals surface area contributed by atoms with Crippen molar-refractivity contribution < 1.29 is 14.4 Å². The van der Waals surface area contributed by atoms with Crippen molar-refractivity contribution in [1.29, 1.82) is 0 Å². The summed E-state index contributed by atoms with van der Waals surface area (Å²) in [6.07, 6.45) is 2.99. The van der Waals surface area contributed by atoms with E-state index in [0.29, 0.717) is 5.82 Å². The molecule has 0 aromatic carbocycles. The molecule has 0 fully saturated rings. The largest absolute Gasteiger partial charge is 0.348 e. The quantitative estimate of drug-likeness (QED) is 0.577. The zero-order chi connectivity index (χ0) is 8.48. The Hall–Kier alpha value is -0.640. The molecular weight excluding hydrogens is 167 g/mol. The van der Waals surface area contributed by atoms with Gasteiger partial charge in [0.15, 0.2) is 0 Å². The first-order valence-electron chi connectivity index (χ1n) is 3.06. The molecule has 0 saturated carbocycles. The fraction of sp³-hybridized carbons (Fsp3) is 0.400. The predicted molar refractivity (Wildman–Crippen MR) is 39.0 cm³/mol. The van der Waals surface area contributed by atoms with E-state index in [-0.39, 0.29) is 0 Å². The number of hydrogen-bond donors (Lipinski definition) is 3. The molecule has 0 aliphatic heterocycles. The maximum atomic E-state index is 10.7. The number of aromatic nitrogens is 2. The van der Waals surface area contributed by atoms with Crippen LogP contribution in [0.1, 0.15) is 18.4 Å². The minimum absolute atomic E-state index is 0.318. The molecule has 1 aromatic rings.